The van der Waals surface area contributed by atoms with E-state index in [0.29, 0.717) is 0 Å². The van der Waals surface area contributed by atoms with Crippen molar-refractivity contribution in [1.82, 2.24) is 4.72 Å². The fourth-order valence-corrected chi connectivity index (χ4v) is 4.20. The van der Waals surface area contributed by atoms with E-state index < -0.39 is 22.0 Å². The lowest BCUT2D eigenvalue weighted by Gasteiger charge is -2.14. The molecule has 0 aliphatic rings. The van der Waals surface area contributed by atoms with Crippen LogP contribution in [-0.4, -0.2) is 25.5 Å². The number of hydrogen-bond donors (Lipinski definition) is 2. The van der Waals surface area contributed by atoms with E-state index >= 15 is 0 Å². The minimum atomic E-state index is -4.02. The number of hydrogen-bond acceptors (Lipinski definition) is 3. The van der Waals surface area contributed by atoms with Crippen molar-refractivity contribution in [1.29, 1.82) is 0 Å². The normalized spacial score (nSPS) is 13.3. The smallest absolute Gasteiger partial charge is 0.304 e. The summed E-state index contributed by atoms with van der Waals surface area (Å²) in [4.78, 5) is 10.2. The molecular weight excluding hydrogens is 337 g/mol. The monoisotopic (exact) mass is 345 g/mol. The zero-order chi connectivity index (χ0) is 14.8. The van der Waals surface area contributed by atoms with E-state index in [1.807, 2.05) is 0 Å². The van der Waals surface area contributed by atoms with Crippen LogP contribution in [0.2, 0.25) is 15.1 Å². The lowest BCUT2D eigenvalue weighted by Crippen LogP contribution is -2.34. The summed E-state index contributed by atoms with van der Waals surface area (Å²) < 4.78 is 26.3. The number of carboxylic acids is 1. The van der Waals surface area contributed by atoms with Crippen molar-refractivity contribution in [3.8, 4) is 0 Å². The molecule has 0 bridgehead atoms. The molecule has 0 radical (unpaired) electrons. The molecule has 1 rings (SSSR count). The average Bonchev–Trinajstić information content (AvgIpc) is 2.10. The summed E-state index contributed by atoms with van der Waals surface area (Å²) in [5, 5.41) is 8.53. The van der Waals surface area contributed by atoms with E-state index in [4.69, 9.17) is 39.9 Å². The van der Waals surface area contributed by atoms with Crippen LogP contribution in [-0.2, 0) is 14.8 Å². The number of carboxylic acid groups (broad SMARTS) is 1. The maximum absolute atomic E-state index is 12.1. The molecule has 2 N–H and O–H groups in total. The first-order valence-corrected chi connectivity index (χ1v) is 7.64. The van der Waals surface area contributed by atoms with Gasteiger partial charge in [-0.3, -0.25) is 4.79 Å². The summed E-state index contributed by atoms with van der Waals surface area (Å²) >= 11 is 17.3. The van der Waals surface area contributed by atoms with Gasteiger partial charge in [0.05, 0.1) is 16.5 Å². The topological polar surface area (TPSA) is 83.5 Å². The van der Waals surface area contributed by atoms with Crippen LogP contribution in [0.15, 0.2) is 17.0 Å². The van der Waals surface area contributed by atoms with Gasteiger partial charge in [-0.1, -0.05) is 34.8 Å². The Bertz CT molecular complexity index is 580. The predicted molar refractivity (Wildman–Crippen MR) is 73.5 cm³/mol. The minimum absolute atomic E-state index is 0.132. The Morgan fingerprint density at radius 1 is 1.32 bits per heavy atom. The van der Waals surface area contributed by atoms with Crippen molar-refractivity contribution < 1.29 is 18.3 Å². The maximum atomic E-state index is 12.1. The zero-order valence-corrected chi connectivity index (χ0v) is 12.7. The van der Waals surface area contributed by atoms with E-state index in [1.54, 1.807) is 0 Å². The molecule has 1 aromatic carbocycles. The van der Waals surface area contributed by atoms with Crippen LogP contribution >= 0.6 is 34.8 Å². The van der Waals surface area contributed by atoms with Crippen LogP contribution in [0.5, 0.6) is 0 Å². The van der Waals surface area contributed by atoms with Crippen LogP contribution in [0.1, 0.15) is 13.3 Å². The van der Waals surface area contributed by atoms with Gasteiger partial charge in [0.1, 0.15) is 4.90 Å². The van der Waals surface area contributed by atoms with Gasteiger partial charge < -0.3 is 5.11 Å². The number of rotatable bonds is 5. The van der Waals surface area contributed by atoms with Crippen molar-refractivity contribution in [2.24, 2.45) is 0 Å². The second kappa shape index (κ2) is 6.28. The summed E-state index contributed by atoms with van der Waals surface area (Å²) in [5.74, 6) is -1.12. The molecule has 19 heavy (non-hydrogen) atoms. The fraction of sp³-hybridized carbons (Fsp3) is 0.300. The van der Waals surface area contributed by atoms with Gasteiger partial charge in [-0.05, 0) is 19.1 Å². The predicted octanol–water partition coefficient (Wildman–Crippen LogP) is 2.79. The second-order valence-corrected chi connectivity index (χ2v) is 6.72. The lowest BCUT2D eigenvalue weighted by atomic mass is 10.3. The van der Waals surface area contributed by atoms with Crippen LogP contribution in [0.25, 0.3) is 0 Å². The zero-order valence-electron chi connectivity index (χ0n) is 9.65. The molecule has 0 heterocycles. The lowest BCUT2D eigenvalue weighted by molar-refractivity contribution is -0.137. The van der Waals surface area contributed by atoms with Gasteiger partial charge in [0, 0.05) is 11.1 Å². The second-order valence-electron chi connectivity index (χ2n) is 3.82. The van der Waals surface area contributed by atoms with Gasteiger partial charge in [0.15, 0.2) is 0 Å². The molecule has 0 saturated heterocycles. The molecule has 0 aromatic heterocycles. The van der Waals surface area contributed by atoms with E-state index in [9.17, 15) is 13.2 Å². The molecule has 0 spiro atoms. The van der Waals surface area contributed by atoms with Gasteiger partial charge in [0.2, 0.25) is 10.0 Å². The van der Waals surface area contributed by atoms with Gasteiger partial charge >= 0.3 is 5.97 Å². The summed E-state index contributed by atoms with van der Waals surface area (Å²) in [7, 11) is -4.02. The van der Waals surface area contributed by atoms with Gasteiger partial charge in [-0.2, -0.15) is 0 Å². The highest BCUT2D eigenvalue weighted by Gasteiger charge is 2.25. The van der Waals surface area contributed by atoms with Crippen molar-refractivity contribution in [2.75, 3.05) is 0 Å². The van der Waals surface area contributed by atoms with Gasteiger partial charge in [0.25, 0.3) is 0 Å². The molecule has 0 fully saturated rings. The van der Waals surface area contributed by atoms with Crippen LogP contribution < -0.4 is 4.72 Å². The Balaban J connectivity index is 3.11. The molecule has 5 nitrogen and oxygen atoms in total. The third-order valence-corrected chi connectivity index (χ3v) is 4.80. The third-order valence-electron chi connectivity index (χ3n) is 2.07. The fourth-order valence-electron chi connectivity index (χ4n) is 1.41. The molecule has 1 unspecified atom stereocenters. The highest BCUT2D eigenvalue weighted by molar-refractivity contribution is 7.89. The Kier molecular flexibility index (Phi) is 5.46. The highest BCUT2D eigenvalue weighted by Crippen LogP contribution is 2.32. The summed E-state index contributed by atoms with van der Waals surface area (Å²) in [6.07, 6.45) is -0.359. The first-order valence-electron chi connectivity index (χ1n) is 5.02. The highest BCUT2D eigenvalue weighted by atomic mass is 35.5. The summed E-state index contributed by atoms with van der Waals surface area (Å²) in [5.41, 5.74) is 0. The Morgan fingerprint density at radius 3 is 2.21 bits per heavy atom. The van der Waals surface area contributed by atoms with Crippen molar-refractivity contribution in [3.63, 3.8) is 0 Å². The molecule has 0 saturated carbocycles. The van der Waals surface area contributed by atoms with Gasteiger partial charge in [-0.25, -0.2) is 13.1 Å². The Hall–Kier alpha value is -0.530. The largest absolute Gasteiger partial charge is 0.481 e. The first-order chi connectivity index (χ1) is 8.63. The quantitative estimate of drug-likeness (QED) is 0.858. The number of carbonyl (C=O) groups is 1. The van der Waals surface area contributed by atoms with Crippen LogP contribution in [0, 0.1) is 0 Å². The van der Waals surface area contributed by atoms with E-state index in [0.717, 1.165) is 0 Å². The van der Waals surface area contributed by atoms with Crippen molar-refractivity contribution in [3.05, 3.63) is 27.2 Å². The third kappa shape index (κ3) is 4.50. The van der Waals surface area contributed by atoms with E-state index in [1.165, 1.54) is 19.1 Å². The van der Waals surface area contributed by atoms with Crippen molar-refractivity contribution in [2.45, 2.75) is 24.3 Å². The standard InChI is InChI=1S/C10H10Cl3NO4S/c1-5(2-9(15)16)14-19(17,18)10-7(12)3-6(11)4-8(10)13/h3-5,14H,2H2,1H3,(H,15,16). The SMILES string of the molecule is CC(CC(=O)O)NS(=O)(=O)c1c(Cl)cc(Cl)cc1Cl. The van der Waals surface area contributed by atoms with Crippen LogP contribution in [0.4, 0.5) is 0 Å². The Labute approximate surface area is 125 Å². The van der Waals surface area contributed by atoms with Crippen molar-refractivity contribution >= 4 is 50.8 Å². The van der Waals surface area contributed by atoms with E-state index in [-0.39, 0.29) is 26.4 Å². The average molecular weight is 347 g/mol. The van der Waals surface area contributed by atoms with E-state index in [2.05, 4.69) is 4.72 Å². The number of sulfonamides is 1. The summed E-state index contributed by atoms with van der Waals surface area (Å²) in [6.45, 7) is 1.42. The molecule has 9 heteroatoms. The molecule has 106 valence electrons. The molecule has 1 atom stereocenters. The first kappa shape index (κ1) is 16.5. The van der Waals surface area contributed by atoms with Gasteiger partial charge in [-0.15, -0.1) is 0 Å². The number of benzene rings is 1. The molecule has 0 aliphatic carbocycles. The number of aliphatic carboxylic acids is 1. The molecule has 0 aliphatic heterocycles. The minimum Gasteiger partial charge on any atom is -0.481 e. The summed E-state index contributed by atoms with van der Waals surface area (Å²) in [6, 6.07) is 1.68. The molecule has 1 aromatic rings. The number of halogens is 3. The Morgan fingerprint density at radius 2 is 1.79 bits per heavy atom. The number of nitrogens with one attached hydrogen (secondary N) is 1. The molecular formula is C10H10Cl3NO4S. The maximum Gasteiger partial charge on any atom is 0.304 e. The van der Waals surface area contributed by atoms with Crippen LogP contribution in [0.3, 0.4) is 0 Å². The molecule has 0 amide bonds.